The van der Waals surface area contributed by atoms with E-state index in [4.69, 9.17) is 0 Å². The van der Waals surface area contributed by atoms with Crippen LogP contribution in [0, 0.1) is 11.3 Å². The fraction of sp³-hybridized carbons (Fsp3) is 0.562. The van der Waals surface area contributed by atoms with Gasteiger partial charge in [0, 0.05) is 31.4 Å². The Hall–Kier alpha value is -1.55. The zero-order chi connectivity index (χ0) is 14.2. The summed E-state index contributed by atoms with van der Waals surface area (Å²) < 4.78 is 0. The molecule has 0 aromatic heterocycles. The van der Waals surface area contributed by atoms with Crippen molar-refractivity contribution in [2.75, 3.05) is 37.4 Å². The standard InChI is InChI=1S/C16H23N3O/c1-19(2)13-5-3-4-12(10-13)18-15(20)14-11-16(14)6-8-17-9-7-16/h3-5,10,14,17H,6-9,11H2,1-2H3,(H,18,20). The first-order valence-corrected chi connectivity index (χ1v) is 7.40. The lowest BCUT2D eigenvalue weighted by atomic mass is 9.92. The highest BCUT2D eigenvalue weighted by molar-refractivity contribution is 5.95. The topological polar surface area (TPSA) is 44.4 Å². The van der Waals surface area contributed by atoms with Crippen molar-refractivity contribution < 1.29 is 4.79 Å². The van der Waals surface area contributed by atoms with Gasteiger partial charge in [0.1, 0.15) is 0 Å². The maximum atomic E-state index is 12.4. The maximum absolute atomic E-state index is 12.4. The fourth-order valence-corrected chi connectivity index (χ4v) is 3.29. The summed E-state index contributed by atoms with van der Waals surface area (Å²) in [6.07, 6.45) is 3.35. The van der Waals surface area contributed by atoms with Gasteiger partial charge in [-0.15, -0.1) is 0 Å². The highest BCUT2D eigenvalue weighted by Gasteiger charge is 2.57. The van der Waals surface area contributed by atoms with E-state index in [0.29, 0.717) is 5.41 Å². The number of carbonyl (C=O) groups excluding carboxylic acids is 1. The number of hydrogen-bond acceptors (Lipinski definition) is 3. The van der Waals surface area contributed by atoms with Crippen LogP contribution in [-0.2, 0) is 4.79 Å². The number of amides is 1. The summed E-state index contributed by atoms with van der Waals surface area (Å²) in [5.74, 6) is 0.412. The quantitative estimate of drug-likeness (QED) is 0.886. The highest BCUT2D eigenvalue weighted by atomic mass is 16.2. The van der Waals surface area contributed by atoms with Gasteiger partial charge in [0.15, 0.2) is 0 Å². The van der Waals surface area contributed by atoms with E-state index >= 15 is 0 Å². The van der Waals surface area contributed by atoms with Gasteiger partial charge in [0.2, 0.25) is 5.91 Å². The third-order valence-corrected chi connectivity index (χ3v) is 4.74. The number of hydrogen-bond donors (Lipinski definition) is 2. The minimum absolute atomic E-state index is 0.197. The number of anilines is 2. The lowest BCUT2D eigenvalue weighted by molar-refractivity contribution is -0.118. The Morgan fingerprint density at radius 3 is 2.80 bits per heavy atom. The number of piperidine rings is 1. The predicted molar refractivity (Wildman–Crippen MR) is 82.0 cm³/mol. The molecule has 108 valence electrons. The van der Waals surface area contributed by atoms with E-state index in [1.165, 1.54) is 0 Å². The number of benzene rings is 1. The Bertz CT molecular complexity index is 506. The molecule has 4 heteroatoms. The Balaban J connectivity index is 1.64. The monoisotopic (exact) mass is 273 g/mol. The molecule has 0 bridgehead atoms. The van der Waals surface area contributed by atoms with Crippen molar-refractivity contribution in [1.29, 1.82) is 0 Å². The maximum Gasteiger partial charge on any atom is 0.228 e. The molecule has 1 aromatic rings. The van der Waals surface area contributed by atoms with Gasteiger partial charge < -0.3 is 15.5 Å². The van der Waals surface area contributed by atoms with Crippen LogP contribution in [0.1, 0.15) is 19.3 Å². The summed E-state index contributed by atoms with van der Waals surface area (Å²) in [6.45, 7) is 2.11. The van der Waals surface area contributed by atoms with Crippen LogP contribution in [0.2, 0.25) is 0 Å². The lowest BCUT2D eigenvalue weighted by Crippen LogP contribution is -2.31. The second-order valence-electron chi connectivity index (χ2n) is 6.30. The van der Waals surface area contributed by atoms with E-state index in [9.17, 15) is 4.79 Å². The van der Waals surface area contributed by atoms with Crippen molar-refractivity contribution in [2.45, 2.75) is 19.3 Å². The average Bonchev–Trinajstić information content (AvgIpc) is 3.13. The number of rotatable bonds is 3. The minimum atomic E-state index is 0.197. The molecule has 1 spiro atoms. The van der Waals surface area contributed by atoms with Crippen molar-refractivity contribution in [3.63, 3.8) is 0 Å². The van der Waals surface area contributed by atoms with Crippen LogP contribution in [0.25, 0.3) is 0 Å². The number of nitrogens with zero attached hydrogens (tertiary/aromatic N) is 1. The van der Waals surface area contributed by atoms with Crippen molar-refractivity contribution >= 4 is 17.3 Å². The SMILES string of the molecule is CN(C)c1cccc(NC(=O)C2CC23CCNCC3)c1. The van der Waals surface area contributed by atoms with Crippen LogP contribution in [-0.4, -0.2) is 33.1 Å². The van der Waals surface area contributed by atoms with Gasteiger partial charge in [-0.2, -0.15) is 0 Å². The molecule has 4 nitrogen and oxygen atoms in total. The van der Waals surface area contributed by atoms with Gasteiger partial charge in [0.05, 0.1) is 0 Å². The Morgan fingerprint density at radius 1 is 1.35 bits per heavy atom. The van der Waals surface area contributed by atoms with E-state index in [-0.39, 0.29) is 11.8 Å². The van der Waals surface area contributed by atoms with Crippen molar-refractivity contribution in [3.05, 3.63) is 24.3 Å². The van der Waals surface area contributed by atoms with Gasteiger partial charge in [-0.3, -0.25) is 4.79 Å². The van der Waals surface area contributed by atoms with E-state index in [1.807, 2.05) is 43.3 Å². The zero-order valence-corrected chi connectivity index (χ0v) is 12.3. The molecule has 2 aliphatic rings. The normalized spacial score (nSPS) is 23.4. The van der Waals surface area contributed by atoms with E-state index in [0.717, 1.165) is 43.7 Å². The predicted octanol–water partition coefficient (Wildman–Crippen LogP) is 2.08. The Kier molecular flexibility index (Phi) is 3.42. The smallest absolute Gasteiger partial charge is 0.228 e. The summed E-state index contributed by atoms with van der Waals surface area (Å²) in [5, 5.41) is 6.46. The molecule has 0 radical (unpaired) electrons. The zero-order valence-electron chi connectivity index (χ0n) is 12.3. The molecule has 1 aliphatic heterocycles. The average molecular weight is 273 g/mol. The molecular weight excluding hydrogens is 250 g/mol. The summed E-state index contributed by atoms with van der Waals surface area (Å²) in [5.41, 5.74) is 2.31. The van der Waals surface area contributed by atoms with Crippen LogP contribution in [0.4, 0.5) is 11.4 Å². The van der Waals surface area contributed by atoms with Gasteiger partial charge in [-0.25, -0.2) is 0 Å². The molecule has 1 atom stereocenters. The van der Waals surface area contributed by atoms with Gasteiger partial charge in [-0.1, -0.05) is 6.07 Å². The van der Waals surface area contributed by atoms with E-state index in [1.54, 1.807) is 0 Å². The first-order chi connectivity index (χ1) is 9.61. The lowest BCUT2D eigenvalue weighted by Gasteiger charge is -2.23. The third-order valence-electron chi connectivity index (χ3n) is 4.74. The number of nitrogens with one attached hydrogen (secondary N) is 2. The van der Waals surface area contributed by atoms with Crippen molar-refractivity contribution in [1.82, 2.24) is 5.32 Å². The van der Waals surface area contributed by atoms with Crippen LogP contribution in [0.15, 0.2) is 24.3 Å². The molecule has 1 amide bonds. The van der Waals surface area contributed by atoms with Gasteiger partial charge in [-0.05, 0) is 56.0 Å². The van der Waals surface area contributed by atoms with Crippen LogP contribution >= 0.6 is 0 Å². The minimum Gasteiger partial charge on any atom is -0.378 e. The molecule has 3 rings (SSSR count). The molecule has 20 heavy (non-hydrogen) atoms. The molecule has 1 saturated heterocycles. The Labute approximate surface area is 120 Å². The molecule has 1 saturated carbocycles. The molecule has 2 fully saturated rings. The van der Waals surface area contributed by atoms with Crippen LogP contribution in [0.5, 0.6) is 0 Å². The largest absolute Gasteiger partial charge is 0.378 e. The van der Waals surface area contributed by atoms with Crippen molar-refractivity contribution in [3.8, 4) is 0 Å². The molecule has 1 aromatic carbocycles. The van der Waals surface area contributed by atoms with E-state index in [2.05, 4.69) is 10.6 Å². The van der Waals surface area contributed by atoms with Crippen LogP contribution < -0.4 is 15.5 Å². The van der Waals surface area contributed by atoms with Gasteiger partial charge >= 0.3 is 0 Å². The molecule has 1 aliphatic carbocycles. The fourth-order valence-electron chi connectivity index (χ4n) is 3.29. The first kappa shape index (κ1) is 13.4. The van der Waals surface area contributed by atoms with Crippen molar-refractivity contribution in [2.24, 2.45) is 11.3 Å². The summed E-state index contributed by atoms with van der Waals surface area (Å²) in [7, 11) is 4.01. The second kappa shape index (κ2) is 5.09. The molecule has 1 heterocycles. The summed E-state index contributed by atoms with van der Waals surface area (Å²) >= 11 is 0. The second-order valence-corrected chi connectivity index (χ2v) is 6.30. The molecular formula is C16H23N3O. The summed E-state index contributed by atoms with van der Waals surface area (Å²) in [6, 6.07) is 8.01. The van der Waals surface area contributed by atoms with E-state index < -0.39 is 0 Å². The molecule has 1 unspecified atom stereocenters. The third kappa shape index (κ3) is 2.52. The summed E-state index contributed by atoms with van der Waals surface area (Å²) in [4.78, 5) is 14.4. The molecule has 2 N–H and O–H groups in total. The Morgan fingerprint density at radius 2 is 2.10 bits per heavy atom. The number of carbonyl (C=O) groups is 1. The first-order valence-electron chi connectivity index (χ1n) is 7.40. The highest BCUT2D eigenvalue weighted by Crippen LogP contribution is 2.58. The van der Waals surface area contributed by atoms with Crippen LogP contribution in [0.3, 0.4) is 0 Å². The van der Waals surface area contributed by atoms with Gasteiger partial charge in [0.25, 0.3) is 0 Å².